The number of carbonyl (C=O) groups is 1. The molecule has 0 radical (unpaired) electrons. The van der Waals surface area contributed by atoms with E-state index in [1.165, 1.54) is 0 Å². The summed E-state index contributed by atoms with van der Waals surface area (Å²) in [6.45, 7) is 4.72. The van der Waals surface area contributed by atoms with Crippen molar-refractivity contribution in [1.29, 1.82) is 0 Å². The Labute approximate surface area is 108 Å². The quantitative estimate of drug-likeness (QED) is 0.680. The van der Waals surface area contributed by atoms with Crippen molar-refractivity contribution in [3.05, 3.63) is 0 Å². The first-order chi connectivity index (χ1) is 7.66. The number of hydrazine groups is 1. The molecule has 0 aromatic rings. The van der Waals surface area contributed by atoms with Crippen LogP contribution in [0.1, 0.15) is 20.8 Å². The molecule has 0 atom stereocenters. The highest BCUT2D eigenvalue weighted by atomic mass is 32.3. The molecule has 0 aromatic carbocycles. The minimum absolute atomic E-state index is 0.0198. The molecule has 10 heteroatoms. The van der Waals surface area contributed by atoms with E-state index < -0.39 is 31.7 Å². The predicted molar refractivity (Wildman–Crippen MR) is 65.5 cm³/mol. The molecule has 0 heterocycles. The molecule has 0 bridgehead atoms. The zero-order valence-corrected chi connectivity index (χ0v) is 12.8. The third kappa shape index (κ3) is 5.19. The van der Waals surface area contributed by atoms with Crippen molar-refractivity contribution in [2.75, 3.05) is 19.6 Å². The summed E-state index contributed by atoms with van der Waals surface area (Å²) in [7, 11) is -7.31. The van der Waals surface area contributed by atoms with Crippen LogP contribution in [0.4, 0.5) is 4.79 Å². The van der Waals surface area contributed by atoms with Crippen LogP contribution >= 0.6 is 0 Å². The number of hydrogen-bond donors (Lipinski definition) is 0. The summed E-state index contributed by atoms with van der Waals surface area (Å²) in [4.78, 5) is 11.6. The van der Waals surface area contributed by atoms with Crippen molar-refractivity contribution >= 4 is 26.1 Å². The summed E-state index contributed by atoms with van der Waals surface area (Å²) < 4.78 is 50.4. The first-order valence-corrected chi connectivity index (χ1v) is 8.53. The van der Waals surface area contributed by atoms with Crippen molar-refractivity contribution in [3.8, 4) is 0 Å². The second-order valence-electron chi connectivity index (χ2n) is 4.71. The molecular weight excluding hydrogens is 284 g/mol. The monoisotopic (exact) mass is 302 g/mol. The lowest BCUT2D eigenvalue weighted by Crippen LogP contribution is -2.51. The molecule has 108 valence electrons. The van der Waals surface area contributed by atoms with Gasteiger partial charge in [0.25, 0.3) is 0 Å². The molecule has 0 aliphatic rings. The van der Waals surface area contributed by atoms with Gasteiger partial charge in [0, 0.05) is 10.9 Å². The van der Waals surface area contributed by atoms with Crippen LogP contribution in [-0.2, 0) is 24.8 Å². The number of hydrogen-bond acceptors (Lipinski definition) is 6. The van der Waals surface area contributed by atoms with Gasteiger partial charge in [0.15, 0.2) is 0 Å². The Balaban J connectivity index is 5.39. The summed E-state index contributed by atoms with van der Waals surface area (Å²) in [5, 5.41) is 0.399. The number of carbonyl (C=O) groups excluding carboxylic acids is 1. The fourth-order valence-electron chi connectivity index (χ4n) is 1.09. The van der Waals surface area contributed by atoms with E-state index in [4.69, 9.17) is 4.74 Å². The Hall–Kier alpha value is -0.870. The van der Waals surface area contributed by atoms with Gasteiger partial charge in [-0.15, -0.1) is 0 Å². The van der Waals surface area contributed by atoms with Crippen LogP contribution in [0.2, 0.25) is 0 Å². The van der Waals surface area contributed by atoms with E-state index in [9.17, 15) is 21.6 Å². The highest BCUT2D eigenvalue weighted by molar-refractivity contribution is 8.03. The Morgan fingerprint density at radius 2 is 1.33 bits per heavy atom. The summed E-state index contributed by atoms with van der Waals surface area (Å²) in [5.41, 5.74) is -0.869. The molecule has 0 rings (SSSR count). The standard InChI is InChI=1S/C8H18N2O6S2/c1-8(2,3)16-7(11)9(4)10(17(5,12)13)18(6,14)15/h1-6H3. The SMILES string of the molecule is CN(C(=O)OC(C)(C)C)N(S(C)(=O)=O)S(C)(=O)=O. The molecular formula is C8H18N2O6S2. The van der Waals surface area contributed by atoms with Crippen LogP contribution in [0.25, 0.3) is 0 Å². The lowest BCUT2D eigenvalue weighted by atomic mass is 10.2. The van der Waals surface area contributed by atoms with E-state index in [-0.39, 0.29) is 3.82 Å². The lowest BCUT2D eigenvalue weighted by Gasteiger charge is -2.29. The van der Waals surface area contributed by atoms with Gasteiger partial charge in [0.1, 0.15) is 5.60 Å². The molecule has 0 N–H and O–H groups in total. The average Bonchev–Trinajstić information content (AvgIpc) is 1.93. The third-order valence-corrected chi connectivity index (χ3v) is 4.72. The van der Waals surface area contributed by atoms with E-state index in [1.54, 1.807) is 20.8 Å². The number of nitrogens with zero attached hydrogens (tertiary/aromatic N) is 2. The summed E-state index contributed by atoms with van der Waals surface area (Å²) in [6, 6.07) is 0. The Morgan fingerprint density at radius 3 is 1.56 bits per heavy atom. The van der Waals surface area contributed by atoms with Crippen LogP contribution in [-0.4, -0.2) is 56.9 Å². The molecule has 0 unspecified atom stereocenters. The Morgan fingerprint density at radius 1 is 1.00 bits per heavy atom. The number of ether oxygens (including phenoxy) is 1. The normalized spacial score (nSPS) is 13.5. The van der Waals surface area contributed by atoms with Crippen molar-refractivity contribution in [2.24, 2.45) is 0 Å². The molecule has 18 heavy (non-hydrogen) atoms. The fraction of sp³-hybridized carbons (Fsp3) is 0.875. The fourth-order valence-corrected chi connectivity index (χ4v) is 4.08. The van der Waals surface area contributed by atoms with Gasteiger partial charge >= 0.3 is 6.09 Å². The molecule has 0 spiro atoms. The average molecular weight is 302 g/mol. The van der Waals surface area contributed by atoms with Gasteiger partial charge in [0.05, 0.1) is 12.5 Å². The maximum absolute atomic E-state index is 11.6. The van der Waals surface area contributed by atoms with Crippen molar-refractivity contribution < 1.29 is 26.4 Å². The molecule has 0 aliphatic carbocycles. The molecule has 0 aromatic heterocycles. The first-order valence-electron chi connectivity index (χ1n) is 4.83. The van der Waals surface area contributed by atoms with E-state index in [2.05, 4.69) is 0 Å². The van der Waals surface area contributed by atoms with Gasteiger partial charge in [-0.05, 0) is 20.8 Å². The van der Waals surface area contributed by atoms with Gasteiger partial charge in [-0.3, -0.25) is 0 Å². The molecule has 0 aliphatic heterocycles. The highest BCUT2D eigenvalue weighted by Crippen LogP contribution is 2.14. The summed E-state index contributed by atoms with van der Waals surface area (Å²) in [5.74, 6) is 0. The van der Waals surface area contributed by atoms with Crippen molar-refractivity contribution in [1.82, 2.24) is 8.83 Å². The smallest absolute Gasteiger partial charge is 0.426 e. The van der Waals surface area contributed by atoms with Crippen molar-refractivity contribution in [3.63, 3.8) is 0 Å². The first kappa shape index (κ1) is 17.1. The molecule has 1 amide bonds. The number of amides is 1. The minimum atomic E-state index is -4.15. The molecule has 0 fully saturated rings. The van der Waals surface area contributed by atoms with Crippen molar-refractivity contribution in [2.45, 2.75) is 26.4 Å². The van der Waals surface area contributed by atoms with E-state index in [1.807, 2.05) is 0 Å². The number of sulfonamides is 2. The highest BCUT2D eigenvalue weighted by Gasteiger charge is 2.36. The van der Waals surface area contributed by atoms with Crippen LogP contribution in [0.5, 0.6) is 0 Å². The lowest BCUT2D eigenvalue weighted by molar-refractivity contribution is 0.0116. The topological polar surface area (TPSA) is 101 Å². The second-order valence-corrected chi connectivity index (χ2v) is 8.56. The van der Waals surface area contributed by atoms with Gasteiger partial charge < -0.3 is 4.74 Å². The molecule has 0 saturated carbocycles. The van der Waals surface area contributed by atoms with E-state index >= 15 is 0 Å². The van der Waals surface area contributed by atoms with Gasteiger partial charge in [-0.2, -0.15) is 0 Å². The van der Waals surface area contributed by atoms with Crippen LogP contribution in [0.3, 0.4) is 0 Å². The maximum Gasteiger partial charge on any atom is 0.426 e. The Kier molecular flexibility index (Phi) is 4.77. The number of rotatable bonds is 3. The third-order valence-electron chi connectivity index (χ3n) is 1.47. The Bertz CT molecular complexity index is 484. The summed E-state index contributed by atoms with van der Waals surface area (Å²) in [6.07, 6.45) is 0.266. The molecule has 8 nitrogen and oxygen atoms in total. The minimum Gasteiger partial charge on any atom is -0.443 e. The predicted octanol–water partition coefficient (Wildman–Crippen LogP) is -0.0105. The van der Waals surface area contributed by atoms with Crippen LogP contribution in [0, 0.1) is 0 Å². The van der Waals surface area contributed by atoms with Gasteiger partial charge in [-0.1, -0.05) is 0 Å². The largest absolute Gasteiger partial charge is 0.443 e. The van der Waals surface area contributed by atoms with Crippen LogP contribution in [0.15, 0.2) is 0 Å². The van der Waals surface area contributed by atoms with E-state index in [0.29, 0.717) is 17.5 Å². The molecule has 0 saturated heterocycles. The second kappa shape index (κ2) is 5.02. The van der Waals surface area contributed by atoms with E-state index in [0.717, 1.165) is 7.05 Å². The van der Waals surface area contributed by atoms with Crippen LogP contribution < -0.4 is 0 Å². The zero-order valence-electron chi connectivity index (χ0n) is 11.2. The summed E-state index contributed by atoms with van der Waals surface area (Å²) >= 11 is 0. The van der Waals surface area contributed by atoms with Gasteiger partial charge in [-0.25, -0.2) is 26.6 Å². The maximum atomic E-state index is 11.6. The van der Waals surface area contributed by atoms with Gasteiger partial charge in [0.2, 0.25) is 20.0 Å². The zero-order chi connectivity index (χ0) is 14.9.